The summed E-state index contributed by atoms with van der Waals surface area (Å²) in [5.41, 5.74) is 2.22. The summed E-state index contributed by atoms with van der Waals surface area (Å²) in [6.45, 7) is 7.11. The van der Waals surface area contributed by atoms with Crippen LogP contribution < -0.4 is 5.32 Å². The molecule has 1 N–H and O–H groups in total. The van der Waals surface area contributed by atoms with Gasteiger partial charge in [-0.2, -0.15) is 0 Å². The average Bonchev–Trinajstić information content (AvgIpc) is 2.23. The van der Waals surface area contributed by atoms with Crippen LogP contribution in [0.4, 0.5) is 5.69 Å². The second-order valence-electron chi connectivity index (χ2n) is 4.60. The molecule has 3 heteroatoms. The Hall–Kier alpha value is -0.730. The van der Waals surface area contributed by atoms with E-state index in [4.69, 9.17) is 16.3 Å². The molecule has 0 atom stereocenters. The van der Waals surface area contributed by atoms with Gasteiger partial charge in [0.05, 0.1) is 5.60 Å². The van der Waals surface area contributed by atoms with Gasteiger partial charge in [-0.1, -0.05) is 17.7 Å². The predicted octanol–water partition coefficient (Wildman–Crippen LogP) is 3.88. The van der Waals surface area contributed by atoms with Crippen LogP contribution in [0.3, 0.4) is 0 Å². The summed E-state index contributed by atoms with van der Waals surface area (Å²) < 4.78 is 5.36. The van der Waals surface area contributed by atoms with Gasteiger partial charge in [-0.05, 0) is 44.9 Å². The van der Waals surface area contributed by atoms with E-state index >= 15 is 0 Å². The zero-order chi connectivity index (χ0) is 12.2. The minimum Gasteiger partial charge on any atom is -0.385 e. The number of rotatable bonds is 5. The molecular formula is C13H20ClNO. The van der Waals surface area contributed by atoms with Gasteiger partial charge in [0.2, 0.25) is 0 Å². The summed E-state index contributed by atoms with van der Waals surface area (Å²) in [6.07, 6.45) is 0.954. The predicted molar refractivity (Wildman–Crippen MR) is 70.4 cm³/mol. The number of nitrogens with one attached hydrogen (secondary N) is 1. The summed E-state index contributed by atoms with van der Waals surface area (Å²) in [7, 11) is 1.74. The SMILES string of the molecule is COC(C)(C)CCNc1cc(Cl)ccc1C. The van der Waals surface area contributed by atoms with Gasteiger partial charge in [-0.3, -0.25) is 0 Å². The molecule has 0 bridgehead atoms. The number of hydrogen-bond acceptors (Lipinski definition) is 2. The first-order valence-electron chi connectivity index (χ1n) is 5.50. The van der Waals surface area contributed by atoms with Crippen LogP contribution in [0.1, 0.15) is 25.8 Å². The molecule has 0 heterocycles. The molecule has 0 unspecified atom stereocenters. The van der Waals surface area contributed by atoms with E-state index < -0.39 is 0 Å². The molecule has 16 heavy (non-hydrogen) atoms. The lowest BCUT2D eigenvalue weighted by atomic mass is 10.1. The van der Waals surface area contributed by atoms with Crippen LogP contribution in [0.15, 0.2) is 18.2 Å². The van der Waals surface area contributed by atoms with Crippen molar-refractivity contribution in [1.82, 2.24) is 0 Å². The highest BCUT2D eigenvalue weighted by Crippen LogP contribution is 2.21. The highest BCUT2D eigenvalue weighted by atomic mass is 35.5. The van der Waals surface area contributed by atoms with Crippen molar-refractivity contribution in [3.8, 4) is 0 Å². The first kappa shape index (κ1) is 13.3. The molecule has 0 spiro atoms. The standard InChI is InChI=1S/C13H20ClNO/c1-10-5-6-11(14)9-12(10)15-8-7-13(2,3)16-4/h5-6,9,15H,7-8H2,1-4H3. The summed E-state index contributed by atoms with van der Waals surface area (Å²) in [5, 5.41) is 4.14. The van der Waals surface area contributed by atoms with Gasteiger partial charge in [-0.15, -0.1) is 0 Å². The Labute approximate surface area is 103 Å². The number of halogens is 1. The fourth-order valence-electron chi connectivity index (χ4n) is 1.38. The zero-order valence-electron chi connectivity index (χ0n) is 10.4. The maximum absolute atomic E-state index is 5.95. The molecule has 0 radical (unpaired) electrons. The first-order valence-corrected chi connectivity index (χ1v) is 5.87. The topological polar surface area (TPSA) is 21.3 Å². The Bertz CT molecular complexity index is 350. The quantitative estimate of drug-likeness (QED) is 0.845. The van der Waals surface area contributed by atoms with Gasteiger partial charge >= 0.3 is 0 Å². The molecule has 0 aliphatic carbocycles. The lowest BCUT2D eigenvalue weighted by Gasteiger charge is -2.23. The normalized spacial score (nSPS) is 11.6. The Morgan fingerprint density at radius 2 is 2.06 bits per heavy atom. The third-order valence-electron chi connectivity index (χ3n) is 2.79. The van der Waals surface area contributed by atoms with E-state index in [9.17, 15) is 0 Å². The molecule has 0 aliphatic heterocycles. The van der Waals surface area contributed by atoms with Gasteiger partial charge in [0.25, 0.3) is 0 Å². The summed E-state index contributed by atoms with van der Waals surface area (Å²) in [6, 6.07) is 5.88. The largest absolute Gasteiger partial charge is 0.385 e. The fourth-order valence-corrected chi connectivity index (χ4v) is 1.56. The second-order valence-corrected chi connectivity index (χ2v) is 5.04. The molecular weight excluding hydrogens is 222 g/mol. The molecule has 0 saturated heterocycles. The first-order chi connectivity index (χ1) is 7.44. The molecule has 1 rings (SSSR count). The van der Waals surface area contributed by atoms with Crippen molar-refractivity contribution in [2.75, 3.05) is 19.0 Å². The Kier molecular flexibility index (Phi) is 4.63. The third-order valence-corrected chi connectivity index (χ3v) is 3.03. The maximum atomic E-state index is 5.95. The molecule has 0 fully saturated rings. The van der Waals surface area contributed by atoms with Crippen molar-refractivity contribution < 1.29 is 4.74 Å². The molecule has 1 aromatic rings. The van der Waals surface area contributed by atoms with Crippen molar-refractivity contribution in [1.29, 1.82) is 0 Å². The van der Waals surface area contributed by atoms with Crippen LogP contribution in [0.5, 0.6) is 0 Å². The molecule has 0 saturated carbocycles. The number of benzene rings is 1. The zero-order valence-corrected chi connectivity index (χ0v) is 11.2. The molecule has 0 aliphatic rings. The number of aryl methyl sites for hydroxylation is 1. The highest BCUT2D eigenvalue weighted by molar-refractivity contribution is 6.30. The molecule has 90 valence electrons. The maximum Gasteiger partial charge on any atom is 0.0639 e. The summed E-state index contributed by atoms with van der Waals surface area (Å²) in [4.78, 5) is 0. The second kappa shape index (κ2) is 5.55. The molecule has 0 aromatic heterocycles. The van der Waals surface area contributed by atoms with Crippen molar-refractivity contribution in [2.24, 2.45) is 0 Å². The minimum absolute atomic E-state index is 0.0838. The fraction of sp³-hybridized carbons (Fsp3) is 0.538. The smallest absolute Gasteiger partial charge is 0.0639 e. The van der Waals surface area contributed by atoms with Crippen molar-refractivity contribution in [2.45, 2.75) is 32.8 Å². The van der Waals surface area contributed by atoms with Crippen molar-refractivity contribution in [3.63, 3.8) is 0 Å². The van der Waals surface area contributed by atoms with E-state index in [1.165, 1.54) is 5.56 Å². The Morgan fingerprint density at radius 3 is 2.69 bits per heavy atom. The Balaban J connectivity index is 2.52. The van der Waals surface area contributed by atoms with E-state index in [0.717, 1.165) is 23.7 Å². The Morgan fingerprint density at radius 1 is 1.38 bits per heavy atom. The number of ether oxygens (including phenoxy) is 1. The van der Waals surface area contributed by atoms with Crippen molar-refractivity contribution in [3.05, 3.63) is 28.8 Å². The number of hydrogen-bond donors (Lipinski definition) is 1. The van der Waals surface area contributed by atoms with Crippen LogP contribution in [-0.2, 0) is 4.74 Å². The van der Waals surface area contributed by atoms with E-state index in [1.54, 1.807) is 7.11 Å². The summed E-state index contributed by atoms with van der Waals surface area (Å²) in [5.74, 6) is 0. The van der Waals surface area contributed by atoms with Gasteiger partial charge in [0.1, 0.15) is 0 Å². The van der Waals surface area contributed by atoms with Crippen molar-refractivity contribution >= 4 is 17.3 Å². The van der Waals surface area contributed by atoms with Crippen LogP contribution >= 0.6 is 11.6 Å². The van der Waals surface area contributed by atoms with E-state index in [0.29, 0.717) is 0 Å². The molecule has 1 aromatic carbocycles. The van der Waals surface area contributed by atoms with Gasteiger partial charge in [0.15, 0.2) is 0 Å². The summed E-state index contributed by atoms with van der Waals surface area (Å²) >= 11 is 5.95. The average molecular weight is 242 g/mol. The number of anilines is 1. The monoisotopic (exact) mass is 241 g/mol. The third kappa shape index (κ3) is 4.03. The lowest BCUT2D eigenvalue weighted by Crippen LogP contribution is -2.25. The van der Waals surface area contributed by atoms with Crippen LogP contribution in [-0.4, -0.2) is 19.3 Å². The van der Waals surface area contributed by atoms with Crippen LogP contribution in [0.2, 0.25) is 5.02 Å². The van der Waals surface area contributed by atoms with Crippen LogP contribution in [0.25, 0.3) is 0 Å². The van der Waals surface area contributed by atoms with E-state index in [-0.39, 0.29) is 5.60 Å². The molecule has 0 amide bonds. The number of methoxy groups -OCH3 is 1. The van der Waals surface area contributed by atoms with Gasteiger partial charge < -0.3 is 10.1 Å². The molecule has 2 nitrogen and oxygen atoms in total. The van der Waals surface area contributed by atoms with Gasteiger partial charge in [0, 0.05) is 24.4 Å². The van der Waals surface area contributed by atoms with E-state index in [1.807, 2.05) is 18.2 Å². The lowest BCUT2D eigenvalue weighted by molar-refractivity contribution is 0.0185. The minimum atomic E-state index is -0.0838. The van der Waals surface area contributed by atoms with Crippen LogP contribution in [0, 0.1) is 6.92 Å². The highest BCUT2D eigenvalue weighted by Gasteiger charge is 2.15. The van der Waals surface area contributed by atoms with Gasteiger partial charge in [-0.25, -0.2) is 0 Å². The van der Waals surface area contributed by atoms with E-state index in [2.05, 4.69) is 26.1 Å².